The maximum Gasteiger partial charge on any atom is 0.153 e. The van der Waals surface area contributed by atoms with E-state index in [0.717, 1.165) is 33.5 Å². The van der Waals surface area contributed by atoms with Crippen LogP contribution in [0.15, 0.2) is 36.4 Å². The Morgan fingerprint density at radius 3 is 2.47 bits per heavy atom. The summed E-state index contributed by atoms with van der Waals surface area (Å²) in [6.07, 6.45) is 0. The van der Waals surface area contributed by atoms with E-state index < -0.39 is 0 Å². The van der Waals surface area contributed by atoms with Crippen molar-refractivity contribution in [2.24, 2.45) is 0 Å². The Hall–Kier alpha value is -2.69. The van der Waals surface area contributed by atoms with E-state index in [2.05, 4.69) is 10.2 Å². The first-order chi connectivity index (χ1) is 9.20. The summed E-state index contributed by atoms with van der Waals surface area (Å²) in [6.45, 7) is 0. The predicted octanol–water partition coefficient (Wildman–Crippen LogP) is 2.40. The second-order valence-corrected chi connectivity index (χ2v) is 4.30. The molecule has 0 saturated heterocycles. The van der Waals surface area contributed by atoms with Crippen molar-refractivity contribution in [2.75, 3.05) is 18.6 Å². The van der Waals surface area contributed by atoms with Gasteiger partial charge in [-0.15, -0.1) is 0 Å². The standard InChI is InChI=1S/C14H14N4O/c1-19-11-7-6-10(8-2-4-9(15)5-3-8)12-13(11)17-18-14(12)16/h2-7H,15H2,1H3,(H3,16,17,18). The molecule has 19 heavy (non-hydrogen) atoms. The Morgan fingerprint density at radius 1 is 1.05 bits per heavy atom. The largest absolute Gasteiger partial charge is 0.494 e. The van der Waals surface area contributed by atoms with Gasteiger partial charge < -0.3 is 16.2 Å². The molecule has 0 aliphatic carbocycles. The topological polar surface area (TPSA) is 89.9 Å². The number of nitrogens with two attached hydrogens (primary N) is 2. The number of aromatic nitrogens is 2. The van der Waals surface area contributed by atoms with E-state index in [0.29, 0.717) is 5.82 Å². The van der Waals surface area contributed by atoms with E-state index in [-0.39, 0.29) is 0 Å². The van der Waals surface area contributed by atoms with E-state index in [1.807, 2.05) is 36.4 Å². The molecular formula is C14H14N4O. The van der Waals surface area contributed by atoms with Crippen molar-refractivity contribution in [3.05, 3.63) is 36.4 Å². The zero-order valence-corrected chi connectivity index (χ0v) is 10.5. The number of methoxy groups -OCH3 is 1. The van der Waals surface area contributed by atoms with Gasteiger partial charge in [-0.3, -0.25) is 5.10 Å². The van der Waals surface area contributed by atoms with Crippen LogP contribution in [0.4, 0.5) is 11.5 Å². The van der Waals surface area contributed by atoms with Crippen LogP contribution in [0.25, 0.3) is 22.0 Å². The van der Waals surface area contributed by atoms with Crippen LogP contribution < -0.4 is 16.2 Å². The van der Waals surface area contributed by atoms with Crippen LogP contribution in [0.2, 0.25) is 0 Å². The molecule has 0 atom stereocenters. The van der Waals surface area contributed by atoms with Crippen LogP contribution in [-0.4, -0.2) is 17.3 Å². The Morgan fingerprint density at radius 2 is 1.79 bits per heavy atom. The van der Waals surface area contributed by atoms with Crippen LogP contribution in [0, 0.1) is 0 Å². The normalized spacial score (nSPS) is 10.8. The number of hydrogen-bond donors (Lipinski definition) is 3. The minimum atomic E-state index is 0.459. The van der Waals surface area contributed by atoms with Crippen molar-refractivity contribution < 1.29 is 4.74 Å². The number of rotatable bonds is 2. The molecule has 0 amide bonds. The van der Waals surface area contributed by atoms with Gasteiger partial charge in [0.15, 0.2) is 5.82 Å². The number of nitrogens with zero attached hydrogens (tertiary/aromatic N) is 1. The van der Waals surface area contributed by atoms with Crippen LogP contribution in [0.1, 0.15) is 0 Å². The first-order valence-electron chi connectivity index (χ1n) is 5.87. The number of benzene rings is 2. The van der Waals surface area contributed by atoms with Gasteiger partial charge in [0, 0.05) is 5.69 Å². The fourth-order valence-corrected chi connectivity index (χ4v) is 2.21. The lowest BCUT2D eigenvalue weighted by Crippen LogP contribution is -1.90. The predicted molar refractivity (Wildman–Crippen MR) is 76.9 cm³/mol. The van der Waals surface area contributed by atoms with E-state index in [9.17, 15) is 0 Å². The molecule has 1 aromatic heterocycles. The van der Waals surface area contributed by atoms with Gasteiger partial charge in [-0.2, -0.15) is 5.10 Å². The fraction of sp³-hybridized carbons (Fsp3) is 0.0714. The maximum absolute atomic E-state index is 5.95. The van der Waals surface area contributed by atoms with Gasteiger partial charge in [0.05, 0.1) is 12.5 Å². The molecule has 0 spiro atoms. The van der Waals surface area contributed by atoms with Crippen LogP contribution >= 0.6 is 0 Å². The van der Waals surface area contributed by atoms with Gasteiger partial charge in [-0.25, -0.2) is 0 Å². The molecule has 96 valence electrons. The number of anilines is 2. The van der Waals surface area contributed by atoms with Gasteiger partial charge >= 0.3 is 0 Å². The first-order valence-corrected chi connectivity index (χ1v) is 5.87. The number of hydrogen-bond acceptors (Lipinski definition) is 4. The second kappa shape index (κ2) is 4.20. The van der Waals surface area contributed by atoms with E-state index >= 15 is 0 Å². The summed E-state index contributed by atoms with van der Waals surface area (Å²) in [5.74, 6) is 1.18. The highest BCUT2D eigenvalue weighted by Gasteiger charge is 2.13. The highest BCUT2D eigenvalue weighted by atomic mass is 16.5. The van der Waals surface area contributed by atoms with Crippen molar-refractivity contribution >= 4 is 22.4 Å². The van der Waals surface area contributed by atoms with Crippen molar-refractivity contribution in [2.45, 2.75) is 0 Å². The number of ether oxygens (including phenoxy) is 1. The third-order valence-corrected chi connectivity index (χ3v) is 3.15. The molecule has 1 heterocycles. The molecule has 0 unspecified atom stereocenters. The van der Waals surface area contributed by atoms with Gasteiger partial charge in [-0.05, 0) is 35.4 Å². The summed E-state index contributed by atoms with van der Waals surface area (Å²) in [5.41, 5.74) is 15.2. The SMILES string of the molecule is COc1ccc(-c2ccc(N)cc2)c2c(N)n[nH]c12. The lowest BCUT2D eigenvalue weighted by Gasteiger charge is -2.07. The summed E-state index contributed by atoms with van der Waals surface area (Å²) < 4.78 is 5.30. The summed E-state index contributed by atoms with van der Waals surface area (Å²) in [7, 11) is 1.62. The molecule has 0 aliphatic rings. The smallest absolute Gasteiger partial charge is 0.153 e. The Balaban J connectivity index is 2.30. The molecular weight excluding hydrogens is 240 g/mol. The number of nitrogens with one attached hydrogen (secondary N) is 1. The number of nitrogen functional groups attached to an aromatic ring is 2. The van der Waals surface area contributed by atoms with Crippen LogP contribution in [0.5, 0.6) is 5.75 Å². The molecule has 0 radical (unpaired) electrons. The average molecular weight is 254 g/mol. The number of H-pyrrole nitrogens is 1. The molecule has 2 aromatic carbocycles. The second-order valence-electron chi connectivity index (χ2n) is 4.30. The molecule has 5 nitrogen and oxygen atoms in total. The van der Waals surface area contributed by atoms with E-state index in [1.54, 1.807) is 7.11 Å². The molecule has 5 N–H and O–H groups in total. The quantitative estimate of drug-likeness (QED) is 0.612. The minimum Gasteiger partial charge on any atom is -0.494 e. The highest BCUT2D eigenvalue weighted by molar-refractivity contribution is 6.04. The molecule has 0 aliphatic heterocycles. The van der Waals surface area contributed by atoms with Crippen molar-refractivity contribution in [3.63, 3.8) is 0 Å². The Bertz CT molecular complexity index is 731. The molecule has 3 aromatic rings. The molecule has 0 saturated carbocycles. The Kier molecular flexibility index (Phi) is 2.52. The summed E-state index contributed by atoms with van der Waals surface area (Å²) >= 11 is 0. The first kappa shape index (κ1) is 11.4. The minimum absolute atomic E-state index is 0.459. The lowest BCUT2D eigenvalue weighted by molar-refractivity contribution is 0.419. The molecule has 0 bridgehead atoms. The zero-order valence-electron chi connectivity index (χ0n) is 10.5. The summed E-state index contributed by atoms with van der Waals surface area (Å²) in [4.78, 5) is 0. The monoisotopic (exact) mass is 254 g/mol. The lowest BCUT2D eigenvalue weighted by atomic mass is 10.0. The third-order valence-electron chi connectivity index (χ3n) is 3.15. The average Bonchev–Trinajstić information content (AvgIpc) is 2.82. The summed E-state index contributed by atoms with van der Waals surface area (Å²) in [5, 5.41) is 7.83. The zero-order chi connectivity index (χ0) is 13.4. The van der Waals surface area contributed by atoms with E-state index in [4.69, 9.17) is 16.2 Å². The van der Waals surface area contributed by atoms with Crippen molar-refractivity contribution in [1.82, 2.24) is 10.2 Å². The number of aromatic amines is 1. The van der Waals surface area contributed by atoms with Crippen molar-refractivity contribution in [1.29, 1.82) is 0 Å². The van der Waals surface area contributed by atoms with Crippen molar-refractivity contribution in [3.8, 4) is 16.9 Å². The molecule has 3 rings (SSSR count). The molecule has 5 heteroatoms. The van der Waals surface area contributed by atoms with E-state index in [1.165, 1.54) is 0 Å². The Labute approximate surface area is 110 Å². The van der Waals surface area contributed by atoms with Gasteiger partial charge in [0.1, 0.15) is 11.3 Å². The fourth-order valence-electron chi connectivity index (χ4n) is 2.21. The third kappa shape index (κ3) is 1.76. The molecule has 0 fully saturated rings. The van der Waals surface area contributed by atoms with Gasteiger partial charge in [-0.1, -0.05) is 12.1 Å². The van der Waals surface area contributed by atoms with Crippen LogP contribution in [-0.2, 0) is 0 Å². The summed E-state index contributed by atoms with van der Waals surface area (Å²) in [6, 6.07) is 11.5. The maximum atomic E-state index is 5.95. The van der Waals surface area contributed by atoms with Crippen LogP contribution in [0.3, 0.4) is 0 Å². The highest BCUT2D eigenvalue weighted by Crippen LogP contribution is 2.36. The van der Waals surface area contributed by atoms with Gasteiger partial charge in [0.25, 0.3) is 0 Å². The van der Waals surface area contributed by atoms with Gasteiger partial charge in [0.2, 0.25) is 0 Å². The number of fused-ring (bicyclic) bond motifs is 1.